The van der Waals surface area contributed by atoms with Crippen LogP contribution in [0.15, 0.2) is 23.0 Å². The van der Waals surface area contributed by atoms with Crippen molar-refractivity contribution >= 4 is 0 Å². The third-order valence-electron chi connectivity index (χ3n) is 3.30. The minimum absolute atomic E-state index is 0.111. The van der Waals surface area contributed by atoms with Crippen LogP contribution in [0.1, 0.15) is 54.4 Å². The highest BCUT2D eigenvalue weighted by Gasteiger charge is 2.31. The van der Waals surface area contributed by atoms with Crippen LogP contribution < -0.4 is 0 Å². The molecule has 0 aromatic heterocycles. The average Bonchev–Trinajstić information content (AvgIpc) is 2.23. The van der Waals surface area contributed by atoms with Gasteiger partial charge in [-0.1, -0.05) is 47.6 Å². The Morgan fingerprint density at radius 1 is 1.06 bits per heavy atom. The van der Waals surface area contributed by atoms with Gasteiger partial charge in [0.05, 0.1) is 0 Å². The second-order valence-corrected chi connectivity index (χ2v) is 7.02. The highest BCUT2D eigenvalue weighted by Crippen LogP contribution is 2.43. The van der Waals surface area contributed by atoms with Gasteiger partial charge in [-0.3, -0.25) is 0 Å². The molecule has 0 saturated carbocycles. The van der Waals surface area contributed by atoms with E-state index in [0.29, 0.717) is 6.79 Å². The van der Waals surface area contributed by atoms with E-state index in [1.807, 2.05) is 0 Å². The molecule has 0 radical (unpaired) electrons. The molecule has 0 spiro atoms. The maximum Gasteiger partial charge on any atom is 0.188 e. The topological polar surface area (TPSA) is 18.5 Å². The molecule has 18 heavy (non-hydrogen) atoms. The first-order chi connectivity index (χ1) is 8.18. The van der Waals surface area contributed by atoms with E-state index in [9.17, 15) is 0 Å². The Hall–Kier alpha value is -0.760. The van der Waals surface area contributed by atoms with Gasteiger partial charge >= 0.3 is 0 Å². The van der Waals surface area contributed by atoms with Crippen LogP contribution in [-0.4, -0.2) is 13.9 Å². The van der Waals surface area contributed by atoms with Crippen LogP contribution in [0, 0.1) is 10.8 Å². The van der Waals surface area contributed by atoms with Crippen molar-refractivity contribution < 1.29 is 9.47 Å². The smallest absolute Gasteiger partial charge is 0.188 e. The minimum Gasteiger partial charge on any atom is -0.467 e. The van der Waals surface area contributed by atoms with Crippen LogP contribution >= 0.6 is 0 Å². The predicted octanol–water partition coefficient (Wildman–Crippen LogP) is 4.67. The second-order valence-electron chi connectivity index (χ2n) is 7.02. The number of hydrogen-bond donors (Lipinski definition) is 0. The molecule has 0 saturated heterocycles. The quantitative estimate of drug-likeness (QED) is 0.679. The number of methoxy groups -OCH3 is 1. The van der Waals surface area contributed by atoms with E-state index in [0.717, 1.165) is 18.6 Å². The molecule has 0 aromatic rings. The normalized spacial score (nSPS) is 17.8. The third-order valence-corrected chi connectivity index (χ3v) is 3.30. The van der Waals surface area contributed by atoms with Gasteiger partial charge in [0.25, 0.3) is 0 Å². The van der Waals surface area contributed by atoms with E-state index in [2.05, 4.69) is 47.6 Å². The van der Waals surface area contributed by atoms with Gasteiger partial charge in [-0.2, -0.15) is 0 Å². The molecular formula is C16H28O2. The van der Waals surface area contributed by atoms with Crippen molar-refractivity contribution in [1.29, 1.82) is 0 Å². The fourth-order valence-corrected chi connectivity index (χ4v) is 2.37. The predicted molar refractivity (Wildman–Crippen MR) is 76.2 cm³/mol. The van der Waals surface area contributed by atoms with Gasteiger partial charge in [0.2, 0.25) is 0 Å². The molecule has 0 atom stereocenters. The van der Waals surface area contributed by atoms with Gasteiger partial charge in [0, 0.05) is 7.11 Å². The van der Waals surface area contributed by atoms with Crippen molar-refractivity contribution in [3.63, 3.8) is 0 Å². The van der Waals surface area contributed by atoms with E-state index in [-0.39, 0.29) is 10.8 Å². The third kappa shape index (κ3) is 3.61. The van der Waals surface area contributed by atoms with Gasteiger partial charge in [0.1, 0.15) is 5.76 Å². The van der Waals surface area contributed by atoms with Crippen molar-refractivity contribution in [2.75, 3.05) is 13.9 Å². The van der Waals surface area contributed by atoms with E-state index >= 15 is 0 Å². The molecule has 2 heteroatoms. The summed E-state index contributed by atoms with van der Waals surface area (Å²) < 4.78 is 11.0. The average molecular weight is 252 g/mol. The SMILES string of the molecule is COCOC1=C(C(C)(C)C)CCC=C1C(C)(C)C. The number of rotatable bonds is 3. The number of hydrogen-bond acceptors (Lipinski definition) is 2. The molecule has 1 aliphatic rings. The maximum absolute atomic E-state index is 5.90. The van der Waals surface area contributed by atoms with Crippen LogP contribution in [0.4, 0.5) is 0 Å². The van der Waals surface area contributed by atoms with Crippen LogP contribution in [0.5, 0.6) is 0 Å². The Morgan fingerprint density at radius 3 is 2.11 bits per heavy atom. The van der Waals surface area contributed by atoms with Gasteiger partial charge < -0.3 is 9.47 Å². The highest BCUT2D eigenvalue weighted by molar-refractivity contribution is 5.39. The zero-order valence-electron chi connectivity index (χ0n) is 13.0. The summed E-state index contributed by atoms with van der Waals surface area (Å²) in [7, 11) is 1.67. The monoisotopic (exact) mass is 252 g/mol. The summed E-state index contributed by atoms with van der Waals surface area (Å²) in [5, 5.41) is 0. The fourth-order valence-electron chi connectivity index (χ4n) is 2.37. The second kappa shape index (κ2) is 5.48. The lowest BCUT2D eigenvalue weighted by atomic mass is 9.74. The Balaban J connectivity index is 3.19. The van der Waals surface area contributed by atoms with Crippen LogP contribution in [-0.2, 0) is 9.47 Å². The lowest BCUT2D eigenvalue weighted by molar-refractivity contribution is 0.00318. The zero-order chi connectivity index (χ0) is 14.0. The molecule has 0 aromatic carbocycles. The molecule has 0 aliphatic heterocycles. The Bertz CT molecular complexity index is 348. The standard InChI is InChI=1S/C16H28O2/c1-15(2,3)12-9-8-10-13(16(4,5)6)14(12)18-11-17-7/h9H,8,10-11H2,1-7H3. The molecular weight excluding hydrogens is 224 g/mol. The van der Waals surface area contributed by atoms with Crippen molar-refractivity contribution in [1.82, 2.24) is 0 Å². The van der Waals surface area contributed by atoms with Gasteiger partial charge in [-0.05, 0) is 34.8 Å². The van der Waals surface area contributed by atoms with E-state index in [1.54, 1.807) is 7.11 Å². The van der Waals surface area contributed by atoms with Crippen molar-refractivity contribution in [2.24, 2.45) is 10.8 Å². The van der Waals surface area contributed by atoms with Crippen molar-refractivity contribution in [3.05, 3.63) is 23.0 Å². The fraction of sp³-hybridized carbons (Fsp3) is 0.750. The zero-order valence-corrected chi connectivity index (χ0v) is 13.0. The largest absolute Gasteiger partial charge is 0.467 e. The molecule has 0 heterocycles. The van der Waals surface area contributed by atoms with E-state index in [1.165, 1.54) is 11.1 Å². The molecule has 0 N–H and O–H groups in total. The van der Waals surface area contributed by atoms with Crippen LogP contribution in [0.3, 0.4) is 0 Å². The molecule has 0 unspecified atom stereocenters. The van der Waals surface area contributed by atoms with Crippen molar-refractivity contribution in [3.8, 4) is 0 Å². The first-order valence-electron chi connectivity index (χ1n) is 6.74. The highest BCUT2D eigenvalue weighted by atomic mass is 16.7. The first-order valence-corrected chi connectivity index (χ1v) is 6.74. The number of ether oxygens (including phenoxy) is 2. The molecule has 0 fully saturated rings. The van der Waals surface area contributed by atoms with E-state index < -0.39 is 0 Å². The molecule has 1 aliphatic carbocycles. The van der Waals surface area contributed by atoms with Crippen molar-refractivity contribution in [2.45, 2.75) is 54.4 Å². The summed E-state index contributed by atoms with van der Waals surface area (Å²) in [5.41, 5.74) is 2.98. The summed E-state index contributed by atoms with van der Waals surface area (Å²) in [5.74, 6) is 1.06. The Morgan fingerprint density at radius 2 is 1.67 bits per heavy atom. The first kappa shape index (κ1) is 15.3. The summed E-state index contributed by atoms with van der Waals surface area (Å²) >= 11 is 0. The summed E-state index contributed by atoms with van der Waals surface area (Å²) in [6.07, 6.45) is 4.52. The summed E-state index contributed by atoms with van der Waals surface area (Å²) in [4.78, 5) is 0. The minimum atomic E-state index is 0.111. The Labute approximate surface area is 112 Å². The van der Waals surface area contributed by atoms with Gasteiger partial charge in [-0.25, -0.2) is 0 Å². The Kier molecular flexibility index (Phi) is 4.66. The van der Waals surface area contributed by atoms with E-state index in [4.69, 9.17) is 9.47 Å². The van der Waals surface area contributed by atoms with Crippen LogP contribution in [0.25, 0.3) is 0 Å². The lowest BCUT2D eigenvalue weighted by Crippen LogP contribution is -2.23. The molecule has 0 bridgehead atoms. The number of allylic oxidation sites excluding steroid dienone is 3. The van der Waals surface area contributed by atoms with Gasteiger partial charge in [0.15, 0.2) is 6.79 Å². The molecule has 2 nitrogen and oxygen atoms in total. The van der Waals surface area contributed by atoms with Gasteiger partial charge in [-0.15, -0.1) is 0 Å². The summed E-state index contributed by atoms with van der Waals surface area (Å²) in [6, 6.07) is 0. The summed E-state index contributed by atoms with van der Waals surface area (Å²) in [6.45, 7) is 13.8. The molecule has 104 valence electrons. The molecule has 1 rings (SSSR count). The maximum atomic E-state index is 5.90. The molecule has 0 amide bonds. The van der Waals surface area contributed by atoms with Crippen LogP contribution in [0.2, 0.25) is 0 Å². The lowest BCUT2D eigenvalue weighted by Gasteiger charge is -2.34.